The number of thiocarbonyl (C=S) groups is 1. The van der Waals surface area contributed by atoms with Gasteiger partial charge in [0.15, 0.2) is 0 Å². The molecule has 1 aliphatic heterocycles. The molecule has 1 aliphatic rings. The Kier molecular flexibility index (Phi) is 3.71. The summed E-state index contributed by atoms with van der Waals surface area (Å²) in [5, 5.41) is 9.92. The fraction of sp³-hybridized carbons (Fsp3) is 0.222. The van der Waals surface area contributed by atoms with Crippen molar-refractivity contribution in [3.8, 4) is 0 Å². The topological polar surface area (TPSA) is 42.2 Å². The van der Waals surface area contributed by atoms with E-state index in [0.29, 0.717) is 17.8 Å². The van der Waals surface area contributed by atoms with Crippen molar-refractivity contribution < 1.29 is 9.90 Å². The third kappa shape index (κ3) is 2.11. The minimum atomic E-state index is -1.11. The lowest BCUT2D eigenvalue weighted by Crippen LogP contribution is -2.41. The molecule has 0 fully saturated rings. The minimum absolute atomic E-state index is 0.489. The Morgan fingerprint density at radius 1 is 1.41 bits per heavy atom. The molecule has 0 spiro atoms. The maximum atomic E-state index is 12.1. The SMILES string of the molecule is C=CCc1cccc(C(=S)C2(C(=O)O)CCn3cccc32)c1. The summed E-state index contributed by atoms with van der Waals surface area (Å²) in [5.41, 5.74) is 1.57. The van der Waals surface area contributed by atoms with Crippen LogP contribution in [0.25, 0.3) is 0 Å². The molecule has 0 aliphatic carbocycles. The molecule has 1 unspecified atom stereocenters. The number of aromatic nitrogens is 1. The van der Waals surface area contributed by atoms with Crippen molar-refractivity contribution in [1.82, 2.24) is 4.57 Å². The van der Waals surface area contributed by atoms with Gasteiger partial charge in [0.1, 0.15) is 5.41 Å². The van der Waals surface area contributed by atoms with Gasteiger partial charge in [-0.15, -0.1) is 6.58 Å². The Hall–Kier alpha value is -2.20. The van der Waals surface area contributed by atoms with Crippen LogP contribution >= 0.6 is 12.2 Å². The lowest BCUT2D eigenvalue weighted by atomic mass is 9.77. The first-order valence-electron chi connectivity index (χ1n) is 7.23. The molecule has 0 radical (unpaired) electrons. The summed E-state index contributed by atoms with van der Waals surface area (Å²) in [6, 6.07) is 11.5. The number of benzene rings is 1. The second kappa shape index (κ2) is 5.54. The highest BCUT2D eigenvalue weighted by atomic mass is 32.1. The quantitative estimate of drug-likeness (QED) is 0.523. The maximum Gasteiger partial charge on any atom is 0.321 e. The molecule has 3 rings (SSSR count). The molecule has 0 bridgehead atoms. The van der Waals surface area contributed by atoms with Crippen LogP contribution in [0.2, 0.25) is 0 Å². The van der Waals surface area contributed by atoms with Gasteiger partial charge in [0, 0.05) is 23.3 Å². The van der Waals surface area contributed by atoms with Gasteiger partial charge in [-0.05, 0) is 36.1 Å². The normalized spacial score (nSPS) is 19.6. The van der Waals surface area contributed by atoms with E-state index >= 15 is 0 Å². The fourth-order valence-electron chi connectivity index (χ4n) is 3.21. The summed E-state index contributed by atoms with van der Waals surface area (Å²) in [5.74, 6) is -0.871. The van der Waals surface area contributed by atoms with Crippen molar-refractivity contribution in [2.75, 3.05) is 0 Å². The Morgan fingerprint density at radius 2 is 2.23 bits per heavy atom. The Morgan fingerprint density at radius 3 is 2.95 bits per heavy atom. The Labute approximate surface area is 134 Å². The van der Waals surface area contributed by atoms with Gasteiger partial charge in [0.2, 0.25) is 0 Å². The van der Waals surface area contributed by atoms with Crippen LogP contribution in [-0.4, -0.2) is 20.5 Å². The summed E-state index contributed by atoms with van der Waals surface area (Å²) >= 11 is 5.63. The molecule has 0 saturated carbocycles. The highest BCUT2D eigenvalue weighted by Gasteiger charge is 2.49. The van der Waals surface area contributed by atoms with E-state index in [1.165, 1.54) is 0 Å². The largest absolute Gasteiger partial charge is 0.480 e. The lowest BCUT2D eigenvalue weighted by Gasteiger charge is -2.25. The lowest BCUT2D eigenvalue weighted by molar-refractivity contribution is -0.140. The third-order valence-corrected chi connectivity index (χ3v) is 4.90. The number of nitrogens with zero attached hydrogens (tertiary/aromatic N) is 1. The first-order valence-corrected chi connectivity index (χ1v) is 7.64. The van der Waals surface area contributed by atoms with Crippen LogP contribution in [-0.2, 0) is 23.2 Å². The van der Waals surface area contributed by atoms with Crippen molar-refractivity contribution in [3.63, 3.8) is 0 Å². The molecule has 1 aromatic carbocycles. The molecule has 2 aromatic rings. The predicted molar refractivity (Wildman–Crippen MR) is 90.4 cm³/mol. The number of fused-ring (bicyclic) bond motifs is 1. The third-order valence-electron chi connectivity index (χ3n) is 4.32. The van der Waals surface area contributed by atoms with Crippen LogP contribution in [0.5, 0.6) is 0 Å². The van der Waals surface area contributed by atoms with E-state index in [1.807, 2.05) is 53.2 Å². The standard InChI is InChI=1S/C18H17NO2S/c1-2-5-13-6-3-7-14(12-13)16(22)18(17(20)21)9-11-19-10-4-8-15(18)19/h2-4,6-8,10,12H,1,5,9,11H2,(H,20,21). The fourth-order valence-corrected chi connectivity index (χ4v) is 3.63. The molecule has 1 atom stereocenters. The van der Waals surface area contributed by atoms with Crippen molar-refractivity contribution in [3.05, 3.63) is 72.1 Å². The summed E-state index contributed by atoms with van der Waals surface area (Å²) < 4.78 is 1.98. The summed E-state index contributed by atoms with van der Waals surface area (Å²) in [6.07, 6.45) is 4.99. The van der Waals surface area contributed by atoms with Gasteiger partial charge in [0.05, 0.1) is 0 Å². The van der Waals surface area contributed by atoms with Crippen LogP contribution < -0.4 is 0 Å². The van der Waals surface area contributed by atoms with Crippen LogP contribution in [0.15, 0.2) is 55.3 Å². The van der Waals surface area contributed by atoms with Crippen molar-refractivity contribution in [1.29, 1.82) is 0 Å². The van der Waals surface area contributed by atoms with E-state index in [4.69, 9.17) is 12.2 Å². The second-order valence-electron chi connectivity index (χ2n) is 5.57. The van der Waals surface area contributed by atoms with E-state index in [1.54, 1.807) is 0 Å². The summed E-state index contributed by atoms with van der Waals surface area (Å²) in [7, 11) is 0. The molecule has 2 heterocycles. The van der Waals surface area contributed by atoms with Crippen LogP contribution in [0.4, 0.5) is 0 Å². The van der Waals surface area contributed by atoms with Gasteiger partial charge in [0.25, 0.3) is 0 Å². The summed E-state index contributed by atoms with van der Waals surface area (Å²) in [6.45, 7) is 4.42. The zero-order valence-electron chi connectivity index (χ0n) is 12.2. The van der Waals surface area contributed by atoms with Gasteiger partial charge in [-0.25, -0.2) is 0 Å². The zero-order valence-corrected chi connectivity index (χ0v) is 13.0. The molecule has 3 nitrogen and oxygen atoms in total. The number of rotatable bonds is 5. The van der Waals surface area contributed by atoms with E-state index in [0.717, 1.165) is 23.2 Å². The first-order chi connectivity index (χ1) is 10.6. The van der Waals surface area contributed by atoms with Gasteiger partial charge in [-0.2, -0.15) is 0 Å². The predicted octanol–water partition coefficient (Wildman–Crippen LogP) is 3.36. The molecule has 4 heteroatoms. The molecule has 112 valence electrons. The minimum Gasteiger partial charge on any atom is -0.480 e. The van der Waals surface area contributed by atoms with Crippen LogP contribution in [0.1, 0.15) is 23.2 Å². The van der Waals surface area contributed by atoms with E-state index in [-0.39, 0.29) is 0 Å². The summed E-state index contributed by atoms with van der Waals surface area (Å²) in [4.78, 5) is 12.6. The Balaban J connectivity index is 2.08. The van der Waals surface area contributed by atoms with E-state index in [9.17, 15) is 9.90 Å². The van der Waals surface area contributed by atoms with E-state index < -0.39 is 11.4 Å². The number of hydrogen-bond acceptors (Lipinski definition) is 2. The Bertz CT molecular complexity index is 762. The number of carboxylic acid groups (broad SMARTS) is 1. The number of hydrogen-bond donors (Lipinski definition) is 1. The smallest absolute Gasteiger partial charge is 0.321 e. The molecule has 22 heavy (non-hydrogen) atoms. The molecule has 1 N–H and O–H groups in total. The van der Waals surface area contributed by atoms with Crippen molar-refractivity contribution >= 4 is 23.1 Å². The van der Waals surface area contributed by atoms with Gasteiger partial charge >= 0.3 is 5.97 Å². The first kappa shape index (κ1) is 14.7. The average Bonchev–Trinajstić information content (AvgIpc) is 3.09. The molecule has 0 amide bonds. The molecular formula is C18H17NO2S. The molecule has 1 aromatic heterocycles. The molecule has 0 saturated heterocycles. The monoisotopic (exact) mass is 311 g/mol. The van der Waals surface area contributed by atoms with E-state index in [2.05, 4.69) is 6.58 Å². The molecular weight excluding hydrogens is 294 g/mol. The van der Waals surface area contributed by atoms with Crippen molar-refractivity contribution in [2.45, 2.75) is 24.8 Å². The zero-order chi connectivity index (χ0) is 15.7. The maximum absolute atomic E-state index is 12.1. The average molecular weight is 311 g/mol. The van der Waals surface area contributed by atoms with Gasteiger partial charge in [-0.1, -0.05) is 42.6 Å². The van der Waals surface area contributed by atoms with Gasteiger partial charge < -0.3 is 9.67 Å². The second-order valence-corrected chi connectivity index (χ2v) is 5.98. The van der Waals surface area contributed by atoms with Crippen LogP contribution in [0, 0.1) is 0 Å². The number of aryl methyl sites for hydroxylation is 1. The highest BCUT2D eigenvalue weighted by Crippen LogP contribution is 2.39. The number of allylic oxidation sites excluding steroid dienone is 1. The number of carboxylic acids is 1. The van der Waals surface area contributed by atoms with Crippen LogP contribution in [0.3, 0.4) is 0 Å². The number of aliphatic carboxylic acids is 1. The highest BCUT2D eigenvalue weighted by molar-refractivity contribution is 7.81. The van der Waals surface area contributed by atoms with Crippen molar-refractivity contribution in [2.24, 2.45) is 0 Å². The van der Waals surface area contributed by atoms with Gasteiger partial charge in [-0.3, -0.25) is 4.79 Å². The number of carbonyl (C=O) groups is 1.